The minimum Gasteiger partial charge on any atom is -0.477 e. The minimum absolute atomic E-state index is 0.0345. The monoisotopic (exact) mass is 245 g/mol. The summed E-state index contributed by atoms with van der Waals surface area (Å²) in [6.07, 6.45) is 1.85. The van der Waals surface area contributed by atoms with Crippen molar-refractivity contribution in [3.63, 3.8) is 0 Å². The molecule has 1 amide bonds. The third-order valence-electron chi connectivity index (χ3n) is 1.61. The highest BCUT2D eigenvalue weighted by molar-refractivity contribution is 7.99. The van der Waals surface area contributed by atoms with Gasteiger partial charge in [0.05, 0.1) is 12.3 Å². The van der Waals surface area contributed by atoms with E-state index in [-0.39, 0.29) is 5.91 Å². The van der Waals surface area contributed by atoms with Gasteiger partial charge in [0.15, 0.2) is 0 Å². The molecule has 1 heterocycles. The SMILES string of the molecule is CSCC(=O)NCc1ccc(C(=O)O)s1. The normalized spacial score (nSPS) is 9.93. The van der Waals surface area contributed by atoms with Crippen LogP contribution in [-0.2, 0) is 11.3 Å². The molecule has 0 aliphatic heterocycles. The fourth-order valence-corrected chi connectivity index (χ4v) is 2.11. The average molecular weight is 245 g/mol. The number of thioether (sulfide) groups is 1. The fraction of sp³-hybridized carbons (Fsp3) is 0.333. The summed E-state index contributed by atoms with van der Waals surface area (Å²) in [7, 11) is 0. The number of carbonyl (C=O) groups is 2. The Morgan fingerprint density at radius 2 is 2.27 bits per heavy atom. The Bertz CT molecular complexity index is 362. The van der Waals surface area contributed by atoms with Gasteiger partial charge in [0.1, 0.15) is 4.88 Å². The topological polar surface area (TPSA) is 66.4 Å². The molecule has 0 bridgehead atoms. The second-order valence-electron chi connectivity index (χ2n) is 2.78. The molecule has 15 heavy (non-hydrogen) atoms. The first-order valence-electron chi connectivity index (χ1n) is 4.21. The molecule has 1 aromatic heterocycles. The van der Waals surface area contributed by atoms with Gasteiger partial charge in [-0.3, -0.25) is 4.79 Å². The highest BCUT2D eigenvalue weighted by Gasteiger charge is 2.07. The molecule has 0 saturated heterocycles. The Kier molecular flexibility index (Phi) is 4.64. The van der Waals surface area contributed by atoms with Crippen LogP contribution in [0.25, 0.3) is 0 Å². The molecule has 0 saturated carbocycles. The molecule has 0 unspecified atom stereocenters. The molecule has 6 heteroatoms. The Hall–Kier alpha value is -1.01. The quantitative estimate of drug-likeness (QED) is 0.823. The predicted octanol–water partition coefficient (Wildman–Crippen LogP) is 1.43. The third-order valence-corrected chi connectivity index (χ3v) is 3.23. The Morgan fingerprint density at radius 3 is 2.80 bits per heavy atom. The lowest BCUT2D eigenvalue weighted by Crippen LogP contribution is -2.23. The number of rotatable bonds is 5. The van der Waals surface area contributed by atoms with Gasteiger partial charge in [-0.05, 0) is 18.4 Å². The lowest BCUT2D eigenvalue weighted by Gasteiger charge is -2.00. The number of thiophene rings is 1. The van der Waals surface area contributed by atoms with Crippen LogP contribution in [0.15, 0.2) is 12.1 Å². The number of hydrogen-bond acceptors (Lipinski definition) is 4. The van der Waals surface area contributed by atoms with Crippen molar-refractivity contribution in [3.05, 3.63) is 21.9 Å². The summed E-state index contributed by atoms with van der Waals surface area (Å²) in [5.74, 6) is -0.536. The van der Waals surface area contributed by atoms with Crippen molar-refractivity contribution in [2.75, 3.05) is 12.0 Å². The fourth-order valence-electron chi connectivity index (χ4n) is 0.956. The van der Waals surface area contributed by atoms with Gasteiger partial charge in [0.2, 0.25) is 5.91 Å². The van der Waals surface area contributed by atoms with Gasteiger partial charge in [-0.25, -0.2) is 4.79 Å². The van der Waals surface area contributed by atoms with E-state index in [1.807, 2.05) is 6.26 Å². The Balaban J connectivity index is 2.44. The summed E-state index contributed by atoms with van der Waals surface area (Å²) in [5.41, 5.74) is 0. The van der Waals surface area contributed by atoms with Crippen molar-refractivity contribution < 1.29 is 14.7 Å². The number of hydrogen-bond donors (Lipinski definition) is 2. The maximum atomic E-state index is 11.1. The van der Waals surface area contributed by atoms with Gasteiger partial charge in [-0.2, -0.15) is 11.8 Å². The summed E-state index contributed by atoms with van der Waals surface area (Å²) in [6.45, 7) is 0.400. The van der Waals surface area contributed by atoms with Crippen LogP contribution in [0.2, 0.25) is 0 Å². The van der Waals surface area contributed by atoms with Crippen molar-refractivity contribution in [2.24, 2.45) is 0 Å². The van der Waals surface area contributed by atoms with Crippen LogP contribution in [-0.4, -0.2) is 29.0 Å². The van der Waals surface area contributed by atoms with Crippen LogP contribution in [0, 0.1) is 0 Å². The Labute approximate surface area is 95.7 Å². The molecule has 0 atom stereocenters. The van der Waals surface area contributed by atoms with E-state index in [0.29, 0.717) is 17.2 Å². The van der Waals surface area contributed by atoms with Crippen molar-refractivity contribution in [3.8, 4) is 0 Å². The van der Waals surface area contributed by atoms with Crippen molar-refractivity contribution in [1.82, 2.24) is 5.32 Å². The van der Waals surface area contributed by atoms with Gasteiger partial charge in [0, 0.05) is 4.88 Å². The van der Waals surface area contributed by atoms with Crippen LogP contribution < -0.4 is 5.32 Å². The van der Waals surface area contributed by atoms with E-state index in [1.165, 1.54) is 23.1 Å². The van der Waals surface area contributed by atoms with Crippen LogP contribution in [0.4, 0.5) is 0 Å². The largest absolute Gasteiger partial charge is 0.477 e. The lowest BCUT2D eigenvalue weighted by molar-refractivity contribution is -0.118. The Morgan fingerprint density at radius 1 is 1.53 bits per heavy atom. The number of carboxylic acids is 1. The first-order valence-corrected chi connectivity index (χ1v) is 6.42. The van der Waals surface area contributed by atoms with Gasteiger partial charge >= 0.3 is 5.97 Å². The highest BCUT2D eigenvalue weighted by atomic mass is 32.2. The van der Waals surface area contributed by atoms with Crippen LogP contribution in [0.1, 0.15) is 14.5 Å². The summed E-state index contributed by atoms with van der Waals surface area (Å²) < 4.78 is 0. The van der Waals surface area contributed by atoms with E-state index < -0.39 is 5.97 Å². The van der Waals surface area contributed by atoms with Crippen LogP contribution >= 0.6 is 23.1 Å². The number of carboxylic acid groups (broad SMARTS) is 1. The van der Waals surface area contributed by atoms with Crippen molar-refractivity contribution in [1.29, 1.82) is 0 Å². The first-order chi connectivity index (χ1) is 7.13. The summed E-state index contributed by atoms with van der Waals surface area (Å²) >= 11 is 2.63. The number of aromatic carboxylic acids is 1. The highest BCUT2D eigenvalue weighted by Crippen LogP contribution is 2.15. The molecule has 1 rings (SSSR count). The van der Waals surface area contributed by atoms with E-state index in [1.54, 1.807) is 12.1 Å². The van der Waals surface area contributed by atoms with E-state index >= 15 is 0 Å². The molecule has 0 spiro atoms. The molecule has 0 aliphatic rings. The molecule has 0 aliphatic carbocycles. The van der Waals surface area contributed by atoms with Gasteiger partial charge in [-0.1, -0.05) is 0 Å². The maximum absolute atomic E-state index is 11.1. The lowest BCUT2D eigenvalue weighted by atomic mass is 10.4. The number of nitrogens with one attached hydrogen (secondary N) is 1. The second kappa shape index (κ2) is 5.77. The zero-order valence-corrected chi connectivity index (χ0v) is 9.78. The van der Waals surface area contributed by atoms with Crippen LogP contribution in [0.3, 0.4) is 0 Å². The molecule has 4 nitrogen and oxygen atoms in total. The molecule has 0 fully saturated rings. The number of carbonyl (C=O) groups excluding carboxylic acids is 1. The summed E-state index contributed by atoms with van der Waals surface area (Å²) in [4.78, 5) is 22.8. The van der Waals surface area contributed by atoms with Gasteiger partial charge in [0.25, 0.3) is 0 Å². The van der Waals surface area contributed by atoms with Gasteiger partial charge in [-0.15, -0.1) is 11.3 Å². The second-order valence-corrected chi connectivity index (χ2v) is 4.82. The molecule has 0 aromatic carbocycles. The van der Waals surface area contributed by atoms with Crippen molar-refractivity contribution in [2.45, 2.75) is 6.54 Å². The smallest absolute Gasteiger partial charge is 0.345 e. The average Bonchev–Trinajstić information content (AvgIpc) is 2.63. The minimum atomic E-state index is -0.929. The molecule has 2 N–H and O–H groups in total. The third kappa shape index (κ3) is 3.93. The molecule has 1 aromatic rings. The first kappa shape index (κ1) is 12.1. The maximum Gasteiger partial charge on any atom is 0.345 e. The van der Waals surface area contributed by atoms with E-state index in [0.717, 1.165) is 4.88 Å². The molecule has 0 radical (unpaired) electrons. The molecule has 82 valence electrons. The predicted molar refractivity (Wildman–Crippen MR) is 61.5 cm³/mol. The molecular formula is C9H11NO3S2. The van der Waals surface area contributed by atoms with Crippen LogP contribution in [0.5, 0.6) is 0 Å². The zero-order valence-electron chi connectivity index (χ0n) is 8.15. The standard InChI is InChI=1S/C9H11NO3S2/c1-14-5-8(11)10-4-6-2-3-7(15-6)9(12)13/h2-3H,4-5H2,1H3,(H,10,11)(H,12,13). The van der Waals surface area contributed by atoms with E-state index in [4.69, 9.17) is 5.11 Å². The molecular weight excluding hydrogens is 234 g/mol. The summed E-state index contributed by atoms with van der Waals surface area (Å²) in [6, 6.07) is 3.26. The van der Waals surface area contributed by atoms with Crippen molar-refractivity contribution >= 4 is 35.0 Å². The number of amides is 1. The van der Waals surface area contributed by atoms with E-state index in [2.05, 4.69) is 5.32 Å². The van der Waals surface area contributed by atoms with Gasteiger partial charge < -0.3 is 10.4 Å². The summed E-state index contributed by atoms with van der Waals surface area (Å²) in [5, 5.41) is 11.4. The zero-order chi connectivity index (χ0) is 11.3. The van der Waals surface area contributed by atoms with E-state index in [9.17, 15) is 9.59 Å².